The van der Waals surface area contributed by atoms with E-state index in [0.29, 0.717) is 23.6 Å². The van der Waals surface area contributed by atoms with Gasteiger partial charge in [-0.05, 0) is 34.6 Å². The van der Waals surface area contributed by atoms with E-state index in [-0.39, 0.29) is 16.2 Å². The van der Waals surface area contributed by atoms with Gasteiger partial charge in [-0.1, -0.05) is 31.5 Å². The second-order valence-electron chi connectivity index (χ2n) is 7.77. The van der Waals surface area contributed by atoms with E-state index < -0.39 is 10.0 Å². The largest absolute Gasteiger partial charge is 0.276 e. The Bertz CT molecular complexity index is 1120. The molecule has 0 saturated carbocycles. The third-order valence-electron chi connectivity index (χ3n) is 5.37. The number of aryl methyl sites for hydroxylation is 1. The van der Waals surface area contributed by atoms with Gasteiger partial charge in [0.2, 0.25) is 10.0 Å². The highest BCUT2D eigenvalue weighted by Gasteiger charge is 2.45. The molecule has 0 amide bonds. The topological polar surface area (TPSA) is 68.1 Å². The van der Waals surface area contributed by atoms with Crippen LogP contribution >= 0.6 is 11.6 Å². The molecule has 1 atom stereocenters. The lowest BCUT2D eigenvalue weighted by Crippen LogP contribution is -2.30. The third kappa shape index (κ3) is 3.13. The fourth-order valence-electron chi connectivity index (χ4n) is 3.86. The average molecular weight is 405 g/mol. The Morgan fingerprint density at radius 2 is 2.04 bits per heavy atom. The lowest BCUT2D eigenvalue weighted by molar-refractivity contribution is 0.347. The zero-order chi connectivity index (χ0) is 19.4. The summed E-state index contributed by atoms with van der Waals surface area (Å²) in [6.07, 6.45) is 5.40. The molecule has 2 aromatic heterocycles. The molecule has 27 heavy (non-hydrogen) atoms. The van der Waals surface area contributed by atoms with Crippen LogP contribution < -0.4 is 0 Å². The maximum Gasteiger partial charge on any atom is 0.243 e. The highest BCUT2D eigenvalue weighted by Crippen LogP contribution is 2.44. The monoisotopic (exact) mass is 404 g/mol. The van der Waals surface area contributed by atoms with E-state index in [1.165, 1.54) is 0 Å². The van der Waals surface area contributed by atoms with Crippen molar-refractivity contribution in [1.82, 2.24) is 19.1 Å². The molecule has 142 valence electrons. The normalized spacial score (nSPS) is 20.4. The zero-order valence-electron chi connectivity index (χ0n) is 15.4. The van der Waals surface area contributed by atoms with Crippen molar-refractivity contribution < 1.29 is 8.42 Å². The van der Waals surface area contributed by atoms with E-state index in [1.807, 2.05) is 25.5 Å². The van der Waals surface area contributed by atoms with Gasteiger partial charge in [0, 0.05) is 43.8 Å². The van der Waals surface area contributed by atoms with Gasteiger partial charge < -0.3 is 0 Å². The molecule has 0 aliphatic carbocycles. The molecular weight excluding hydrogens is 384 g/mol. The molecule has 1 unspecified atom stereocenters. The molecule has 0 radical (unpaired) electrons. The lowest BCUT2D eigenvalue weighted by Gasteiger charge is -2.24. The van der Waals surface area contributed by atoms with Crippen molar-refractivity contribution in [3.63, 3.8) is 0 Å². The van der Waals surface area contributed by atoms with Crippen LogP contribution in [0.25, 0.3) is 10.8 Å². The first-order valence-corrected chi connectivity index (χ1v) is 10.5. The summed E-state index contributed by atoms with van der Waals surface area (Å²) in [6.45, 7) is 5.08. The quantitative estimate of drug-likeness (QED) is 0.627. The Labute approximate surface area is 163 Å². The molecule has 1 aliphatic heterocycles. The molecule has 4 rings (SSSR count). The van der Waals surface area contributed by atoms with Gasteiger partial charge in [-0.25, -0.2) is 13.4 Å². The van der Waals surface area contributed by atoms with Gasteiger partial charge in [0.05, 0.1) is 11.1 Å². The number of hydrogen-bond acceptors (Lipinski definition) is 4. The van der Waals surface area contributed by atoms with Crippen molar-refractivity contribution in [2.75, 3.05) is 13.1 Å². The number of aromatic nitrogens is 3. The first-order chi connectivity index (χ1) is 12.7. The molecule has 1 aliphatic rings. The molecule has 3 heterocycles. The van der Waals surface area contributed by atoms with Crippen LogP contribution in [0.5, 0.6) is 0 Å². The number of benzene rings is 1. The highest BCUT2D eigenvalue weighted by molar-refractivity contribution is 7.89. The molecule has 0 spiro atoms. The number of sulfonamides is 1. The number of nitrogens with zero attached hydrogens (tertiary/aromatic N) is 4. The van der Waals surface area contributed by atoms with Crippen LogP contribution in [0.15, 0.2) is 47.8 Å². The molecule has 0 N–H and O–H groups in total. The fourth-order valence-corrected chi connectivity index (χ4v) is 5.73. The van der Waals surface area contributed by atoms with E-state index in [0.717, 1.165) is 10.9 Å². The Morgan fingerprint density at radius 1 is 1.26 bits per heavy atom. The van der Waals surface area contributed by atoms with Crippen molar-refractivity contribution in [3.8, 4) is 0 Å². The zero-order valence-corrected chi connectivity index (χ0v) is 17.0. The van der Waals surface area contributed by atoms with E-state index in [9.17, 15) is 8.42 Å². The molecule has 1 fully saturated rings. The summed E-state index contributed by atoms with van der Waals surface area (Å²) in [6, 6.07) is 6.84. The summed E-state index contributed by atoms with van der Waals surface area (Å²) in [4.78, 5) is 4.30. The maximum absolute atomic E-state index is 13.3. The number of halogens is 1. The summed E-state index contributed by atoms with van der Waals surface area (Å²) in [5.41, 5.74) is 0.873. The standard InChI is InChI=1S/C19H21ClN4O2S/c1-19(2)12-24(11-17(19)14-9-22-23(3)10-14)27(25,26)15-5-4-13-6-7-21-18(20)16(13)8-15/h4-10,17H,11-12H2,1-3H3. The SMILES string of the molecule is Cn1cc(C2CN(S(=O)(=O)c3ccc4ccnc(Cl)c4c3)CC2(C)C)cn1. The van der Waals surface area contributed by atoms with E-state index >= 15 is 0 Å². The minimum absolute atomic E-state index is 0.0895. The minimum Gasteiger partial charge on any atom is -0.276 e. The van der Waals surface area contributed by atoms with Crippen molar-refractivity contribution in [3.05, 3.63) is 53.6 Å². The summed E-state index contributed by atoms with van der Waals surface area (Å²) in [5.74, 6) is 0.0895. The molecule has 8 heteroatoms. The molecule has 1 saturated heterocycles. The lowest BCUT2D eigenvalue weighted by atomic mass is 9.79. The van der Waals surface area contributed by atoms with Crippen molar-refractivity contribution in [1.29, 1.82) is 0 Å². The Morgan fingerprint density at radius 3 is 2.74 bits per heavy atom. The van der Waals surface area contributed by atoms with Crippen LogP contribution in [0.2, 0.25) is 5.15 Å². The highest BCUT2D eigenvalue weighted by atomic mass is 35.5. The van der Waals surface area contributed by atoms with Crippen LogP contribution in [0, 0.1) is 5.41 Å². The van der Waals surface area contributed by atoms with Crippen molar-refractivity contribution in [2.45, 2.75) is 24.7 Å². The Hall–Kier alpha value is -1.96. The Kier molecular flexibility index (Phi) is 4.29. The van der Waals surface area contributed by atoms with E-state index in [4.69, 9.17) is 11.6 Å². The minimum atomic E-state index is -3.63. The van der Waals surface area contributed by atoms with Gasteiger partial charge in [0.1, 0.15) is 5.15 Å². The van der Waals surface area contributed by atoms with Crippen LogP contribution in [-0.4, -0.2) is 40.6 Å². The summed E-state index contributed by atoms with van der Waals surface area (Å²) in [7, 11) is -1.76. The van der Waals surface area contributed by atoms with Crippen LogP contribution in [0.4, 0.5) is 0 Å². The molecule has 0 bridgehead atoms. The van der Waals surface area contributed by atoms with Gasteiger partial charge in [-0.15, -0.1) is 0 Å². The smallest absolute Gasteiger partial charge is 0.243 e. The van der Waals surface area contributed by atoms with Gasteiger partial charge >= 0.3 is 0 Å². The number of fused-ring (bicyclic) bond motifs is 1. The second-order valence-corrected chi connectivity index (χ2v) is 10.1. The van der Waals surface area contributed by atoms with Crippen molar-refractivity contribution >= 4 is 32.4 Å². The summed E-state index contributed by atoms with van der Waals surface area (Å²) < 4.78 is 29.9. The van der Waals surface area contributed by atoms with Gasteiger partial charge in [-0.3, -0.25) is 4.68 Å². The van der Waals surface area contributed by atoms with Crippen molar-refractivity contribution in [2.24, 2.45) is 12.5 Å². The number of rotatable bonds is 3. The maximum atomic E-state index is 13.3. The molecule has 1 aromatic carbocycles. The van der Waals surface area contributed by atoms with Gasteiger partial charge in [0.15, 0.2) is 0 Å². The fraction of sp³-hybridized carbons (Fsp3) is 0.368. The predicted octanol–water partition coefficient (Wildman–Crippen LogP) is 3.44. The van der Waals surface area contributed by atoms with Crippen LogP contribution in [0.1, 0.15) is 25.3 Å². The van der Waals surface area contributed by atoms with Crippen LogP contribution in [-0.2, 0) is 17.1 Å². The number of hydrogen-bond donors (Lipinski definition) is 0. The molecule has 3 aromatic rings. The summed E-state index contributed by atoms with van der Waals surface area (Å²) >= 11 is 6.16. The second kappa shape index (κ2) is 6.29. The van der Waals surface area contributed by atoms with E-state index in [2.05, 4.69) is 23.9 Å². The molecular formula is C19H21ClN4O2S. The first-order valence-electron chi connectivity index (χ1n) is 8.71. The average Bonchev–Trinajstić information content (AvgIpc) is 3.17. The van der Waals surface area contributed by atoms with Gasteiger partial charge in [0.25, 0.3) is 0 Å². The summed E-state index contributed by atoms with van der Waals surface area (Å²) in [5, 5.41) is 6.05. The predicted molar refractivity (Wildman–Crippen MR) is 105 cm³/mol. The van der Waals surface area contributed by atoms with Gasteiger partial charge in [-0.2, -0.15) is 9.40 Å². The van der Waals surface area contributed by atoms with Crippen LogP contribution in [0.3, 0.4) is 0 Å². The Balaban J connectivity index is 1.71. The first kappa shape index (κ1) is 18.4. The third-order valence-corrected chi connectivity index (χ3v) is 7.48. The molecule has 6 nitrogen and oxygen atoms in total. The van der Waals surface area contributed by atoms with E-state index in [1.54, 1.807) is 33.4 Å². The number of pyridine rings is 1.